The molecule has 0 radical (unpaired) electrons. The molecule has 0 spiro atoms. The molecule has 0 aromatic carbocycles. The van der Waals surface area contributed by atoms with E-state index in [-0.39, 0.29) is 5.91 Å². The standard InChI is InChI=1S/C12H24N2O/c1-4-14(3)12(15)9-13-8-11-7-5-6-10(11)2/h10-11,13H,4-9H2,1-3H3. The third-order valence-electron chi connectivity index (χ3n) is 3.62. The zero-order valence-corrected chi connectivity index (χ0v) is 10.3. The summed E-state index contributed by atoms with van der Waals surface area (Å²) in [6.45, 7) is 6.61. The summed E-state index contributed by atoms with van der Waals surface area (Å²) in [7, 11) is 1.85. The Balaban J connectivity index is 2.13. The van der Waals surface area contributed by atoms with Crippen LogP contribution < -0.4 is 5.32 Å². The van der Waals surface area contributed by atoms with Crippen LogP contribution in [-0.4, -0.2) is 37.5 Å². The first kappa shape index (κ1) is 12.5. The highest BCUT2D eigenvalue weighted by molar-refractivity contribution is 5.77. The molecule has 1 saturated carbocycles. The molecule has 1 N–H and O–H groups in total. The van der Waals surface area contributed by atoms with Crippen LogP contribution in [0.1, 0.15) is 33.1 Å². The van der Waals surface area contributed by atoms with E-state index in [0.717, 1.165) is 24.9 Å². The lowest BCUT2D eigenvalue weighted by Gasteiger charge is -2.18. The summed E-state index contributed by atoms with van der Waals surface area (Å²) < 4.78 is 0. The Bertz CT molecular complexity index is 206. The van der Waals surface area contributed by atoms with Gasteiger partial charge in [-0.15, -0.1) is 0 Å². The fourth-order valence-corrected chi connectivity index (χ4v) is 2.20. The third kappa shape index (κ3) is 3.82. The first-order valence-electron chi connectivity index (χ1n) is 6.09. The Kier molecular flexibility index (Phi) is 5.09. The largest absolute Gasteiger partial charge is 0.345 e. The molecule has 0 saturated heterocycles. The second-order valence-electron chi connectivity index (χ2n) is 4.71. The average molecular weight is 212 g/mol. The maximum absolute atomic E-state index is 11.5. The van der Waals surface area contributed by atoms with Crippen molar-refractivity contribution in [2.24, 2.45) is 11.8 Å². The van der Waals surface area contributed by atoms with Crippen molar-refractivity contribution in [1.82, 2.24) is 10.2 Å². The van der Waals surface area contributed by atoms with E-state index in [1.807, 2.05) is 14.0 Å². The van der Waals surface area contributed by atoms with Crippen LogP contribution >= 0.6 is 0 Å². The smallest absolute Gasteiger partial charge is 0.236 e. The summed E-state index contributed by atoms with van der Waals surface area (Å²) in [6, 6.07) is 0. The van der Waals surface area contributed by atoms with E-state index in [4.69, 9.17) is 0 Å². The third-order valence-corrected chi connectivity index (χ3v) is 3.62. The molecule has 0 bridgehead atoms. The van der Waals surface area contributed by atoms with Gasteiger partial charge in [0, 0.05) is 13.6 Å². The fraction of sp³-hybridized carbons (Fsp3) is 0.917. The molecule has 0 aromatic heterocycles. The van der Waals surface area contributed by atoms with Gasteiger partial charge in [0.25, 0.3) is 0 Å². The van der Waals surface area contributed by atoms with E-state index in [1.54, 1.807) is 4.90 Å². The number of hydrogen-bond donors (Lipinski definition) is 1. The zero-order chi connectivity index (χ0) is 11.3. The predicted octanol–water partition coefficient (Wildman–Crippen LogP) is 1.49. The zero-order valence-electron chi connectivity index (χ0n) is 10.3. The normalized spacial score (nSPS) is 25.5. The number of amides is 1. The first-order chi connectivity index (χ1) is 7.15. The van der Waals surface area contributed by atoms with E-state index in [2.05, 4.69) is 12.2 Å². The van der Waals surface area contributed by atoms with E-state index < -0.39 is 0 Å². The van der Waals surface area contributed by atoms with Crippen molar-refractivity contribution in [1.29, 1.82) is 0 Å². The molecule has 1 amide bonds. The molecule has 1 aliphatic carbocycles. The number of nitrogens with one attached hydrogen (secondary N) is 1. The van der Waals surface area contributed by atoms with Gasteiger partial charge in [0.15, 0.2) is 0 Å². The van der Waals surface area contributed by atoms with Gasteiger partial charge in [-0.3, -0.25) is 4.79 Å². The molecular weight excluding hydrogens is 188 g/mol. The highest BCUT2D eigenvalue weighted by Crippen LogP contribution is 2.30. The fourth-order valence-electron chi connectivity index (χ4n) is 2.20. The van der Waals surface area contributed by atoms with Crippen molar-refractivity contribution in [3.05, 3.63) is 0 Å². The van der Waals surface area contributed by atoms with Crippen LogP contribution in [0.3, 0.4) is 0 Å². The minimum Gasteiger partial charge on any atom is -0.345 e. The summed E-state index contributed by atoms with van der Waals surface area (Å²) >= 11 is 0. The topological polar surface area (TPSA) is 32.3 Å². The monoisotopic (exact) mass is 212 g/mol. The van der Waals surface area contributed by atoms with E-state index in [9.17, 15) is 4.79 Å². The van der Waals surface area contributed by atoms with E-state index in [1.165, 1.54) is 19.3 Å². The Labute approximate surface area is 93.2 Å². The number of rotatable bonds is 5. The van der Waals surface area contributed by atoms with Crippen LogP contribution in [0.15, 0.2) is 0 Å². The Morgan fingerprint density at radius 3 is 2.73 bits per heavy atom. The van der Waals surface area contributed by atoms with Gasteiger partial charge in [-0.25, -0.2) is 0 Å². The van der Waals surface area contributed by atoms with Crippen LogP contribution in [0.5, 0.6) is 0 Å². The Morgan fingerprint density at radius 2 is 2.20 bits per heavy atom. The molecule has 3 nitrogen and oxygen atoms in total. The number of nitrogens with zero attached hydrogens (tertiary/aromatic N) is 1. The number of carbonyl (C=O) groups is 1. The lowest BCUT2D eigenvalue weighted by molar-refractivity contribution is -0.128. The van der Waals surface area contributed by atoms with Crippen molar-refractivity contribution < 1.29 is 4.79 Å². The Morgan fingerprint density at radius 1 is 1.47 bits per heavy atom. The molecule has 0 aromatic rings. The van der Waals surface area contributed by atoms with Gasteiger partial charge in [0.05, 0.1) is 6.54 Å². The summed E-state index contributed by atoms with van der Waals surface area (Å²) in [6.07, 6.45) is 4.04. The van der Waals surface area contributed by atoms with Gasteiger partial charge in [0.2, 0.25) is 5.91 Å². The highest BCUT2D eigenvalue weighted by atomic mass is 16.2. The molecule has 1 rings (SSSR count). The maximum atomic E-state index is 11.5. The molecule has 3 heteroatoms. The van der Waals surface area contributed by atoms with Crippen LogP contribution in [0.2, 0.25) is 0 Å². The average Bonchev–Trinajstić information content (AvgIpc) is 2.63. The molecule has 1 aliphatic rings. The molecule has 1 fully saturated rings. The summed E-state index contributed by atoms with van der Waals surface area (Å²) in [5.74, 6) is 1.81. The van der Waals surface area contributed by atoms with Crippen molar-refractivity contribution in [3.63, 3.8) is 0 Å². The van der Waals surface area contributed by atoms with Crippen LogP contribution in [0.25, 0.3) is 0 Å². The van der Waals surface area contributed by atoms with Crippen molar-refractivity contribution in [2.75, 3.05) is 26.7 Å². The van der Waals surface area contributed by atoms with E-state index in [0.29, 0.717) is 6.54 Å². The van der Waals surface area contributed by atoms with Gasteiger partial charge in [0.1, 0.15) is 0 Å². The predicted molar refractivity (Wildman–Crippen MR) is 62.7 cm³/mol. The number of carbonyl (C=O) groups excluding carboxylic acids is 1. The number of hydrogen-bond acceptors (Lipinski definition) is 2. The van der Waals surface area contributed by atoms with E-state index >= 15 is 0 Å². The summed E-state index contributed by atoms with van der Waals surface area (Å²) in [5, 5.41) is 3.28. The van der Waals surface area contributed by atoms with Gasteiger partial charge < -0.3 is 10.2 Å². The van der Waals surface area contributed by atoms with Crippen LogP contribution in [0.4, 0.5) is 0 Å². The quantitative estimate of drug-likeness (QED) is 0.749. The Hall–Kier alpha value is -0.570. The van der Waals surface area contributed by atoms with Gasteiger partial charge >= 0.3 is 0 Å². The lowest BCUT2D eigenvalue weighted by atomic mass is 9.98. The summed E-state index contributed by atoms with van der Waals surface area (Å²) in [4.78, 5) is 13.2. The molecular formula is C12H24N2O. The minimum absolute atomic E-state index is 0.197. The molecule has 0 heterocycles. The number of likely N-dealkylation sites (N-methyl/N-ethyl adjacent to an activating group) is 1. The van der Waals surface area contributed by atoms with Gasteiger partial charge in [-0.05, 0) is 31.7 Å². The molecule has 2 unspecified atom stereocenters. The second kappa shape index (κ2) is 6.11. The van der Waals surface area contributed by atoms with Gasteiger partial charge in [-0.1, -0.05) is 19.8 Å². The lowest BCUT2D eigenvalue weighted by Crippen LogP contribution is -2.37. The van der Waals surface area contributed by atoms with Crippen LogP contribution in [-0.2, 0) is 4.79 Å². The molecule has 15 heavy (non-hydrogen) atoms. The maximum Gasteiger partial charge on any atom is 0.236 e. The summed E-state index contributed by atoms with van der Waals surface area (Å²) in [5.41, 5.74) is 0. The minimum atomic E-state index is 0.197. The molecule has 2 atom stereocenters. The molecule has 0 aliphatic heterocycles. The second-order valence-corrected chi connectivity index (χ2v) is 4.71. The van der Waals surface area contributed by atoms with Gasteiger partial charge in [-0.2, -0.15) is 0 Å². The highest BCUT2D eigenvalue weighted by Gasteiger charge is 2.22. The van der Waals surface area contributed by atoms with Crippen molar-refractivity contribution in [3.8, 4) is 0 Å². The van der Waals surface area contributed by atoms with Crippen molar-refractivity contribution >= 4 is 5.91 Å². The first-order valence-corrected chi connectivity index (χ1v) is 6.09. The molecule has 88 valence electrons. The van der Waals surface area contributed by atoms with Crippen LogP contribution in [0, 0.1) is 11.8 Å². The SMILES string of the molecule is CCN(C)C(=O)CNCC1CCCC1C. The van der Waals surface area contributed by atoms with Crippen molar-refractivity contribution in [2.45, 2.75) is 33.1 Å².